The molecule has 0 aliphatic carbocycles. The average molecular weight is 1250 g/mol. The Morgan fingerprint density at radius 2 is 0.856 bits per heavy atom. The van der Waals surface area contributed by atoms with Crippen LogP contribution in [0.4, 0.5) is 34.1 Å². The Morgan fingerprint density at radius 3 is 1.51 bits per heavy atom. The van der Waals surface area contributed by atoms with Crippen LogP contribution in [0.25, 0.3) is 116 Å². The first-order chi connectivity index (χ1) is 50.3. The number of fused-ring (bicyclic) bond motifs is 10. The predicted molar refractivity (Wildman–Crippen MR) is 412 cm³/mol. The molecular weight excluding hydrogens is 1170 g/mol. The van der Waals surface area contributed by atoms with Crippen LogP contribution in [0.15, 0.2) is 320 Å². The summed E-state index contributed by atoms with van der Waals surface area (Å²) in [7, 11) is 0. The summed E-state index contributed by atoms with van der Waals surface area (Å²) in [6.07, 6.45) is 0. The largest absolute Gasteiger partial charge is 0.456 e. The summed E-state index contributed by atoms with van der Waals surface area (Å²) in [6, 6.07) is 94.1. The third kappa shape index (κ3) is 9.50. The Kier molecular flexibility index (Phi) is 11.8. The molecule has 0 radical (unpaired) electrons. The minimum atomic E-state index is -0.470. The Hall–Kier alpha value is -11.7. The standard InChI is InChI=1S/C92H70BN3O/c1-91(2,3)66-54-74(63-36-20-11-21-37-63)90(76(55-66)72-42-27-45-86-87(72)73-39-23-25-44-85(73)97-86)95-81-51-47-65(60-30-14-8-15-31-60)53-78(81)93-77-49-48-68(94-79-43-24-22-38-71(79)75-52-64(46-50-80(75)94)59-28-12-7-13-29-59)58-82(77)96(84-57-67(92(4,5)6)56-83(95)88(84)93)89-69(61-32-16-9-17-33-61)40-26-41-70(89)62-34-18-10-19-35-62/h7-58H,1-6H3/i22D,24D,38D,43D,46D,50D,52D. The topological polar surface area (TPSA) is 24.6 Å². The van der Waals surface area contributed by atoms with Crippen LogP contribution in [0.3, 0.4) is 0 Å². The number of rotatable bonds is 9. The zero-order valence-electron chi connectivity index (χ0n) is 61.8. The van der Waals surface area contributed by atoms with E-state index in [1.165, 1.54) is 5.56 Å². The molecule has 0 unspecified atom stereocenters. The first-order valence-electron chi connectivity index (χ1n) is 36.9. The van der Waals surface area contributed by atoms with Crippen molar-refractivity contribution in [2.45, 2.75) is 52.4 Å². The smallest absolute Gasteiger partial charge is 0.252 e. The average Bonchev–Trinajstić information content (AvgIpc) is 1.28. The second-order valence-electron chi connectivity index (χ2n) is 27.8. The maximum absolute atomic E-state index is 10.2. The number of nitrogens with zero attached hydrogens (tertiary/aromatic N) is 3. The molecule has 0 atom stereocenters. The van der Waals surface area contributed by atoms with Gasteiger partial charge in [-0.05, 0) is 156 Å². The molecule has 16 aromatic rings. The quantitative estimate of drug-likeness (QED) is 0.135. The van der Waals surface area contributed by atoms with Crippen molar-refractivity contribution >= 4 is 101 Å². The molecule has 0 N–H and O–H groups in total. The fraction of sp³-hybridized carbons (Fsp3) is 0.0870. The number of benzene rings is 14. The number of furan rings is 1. The van der Waals surface area contributed by atoms with E-state index < -0.39 is 24.2 Å². The predicted octanol–water partition coefficient (Wildman–Crippen LogP) is 23.4. The molecule has 0 saturated heterocycles. The zero-order valence-corrected chi connectivity index (χ0v) is 54.8. The third-order valence-corrected chi connectivity index (χ3v) is 19.9. The fourth-order valence-electron chi connectivity index (χ4n) is 15.2. The van der Waals surface area contributed by atoms with Gasteiger partial charge in [-0.3, -0.25) is 0 Å². The summed E-state index contributed by atoms with van der Waals surface area (Å²) in [6.45, 7) is 13.3. The van der Waals surface area contributed by atoms with Crippen molar-refractivity contribution in [2.75, 3.05) is 9.80 Å². The van der Waals surface area contributed by atoms with Crippen LogP contribution < -0.4 is 26.2 Å². The Morgan fingerprint density at radius 1 is 0.340 bits per heavy atom. The van der Waals surface area contributed by atoms with Crippen LogP contribution in [0.2, 0.25) is 0 Å². The number of aromatic nitrogens is 1. The van der Waals surface area contributed by atoms with Gasteiger partial charge in [-0.25, -0.2) is 0 Å². The lowest BCUT2D eigenvalue weighted by atomic mass is 9.33. The molecule has 4 heterocycles. The van der Waals surface area contributed by atoms with Gasteiger partial charge in [-0.1, -0.05) is 284 Å². The van der Waals surface area contributed by atoms with Crippen molar-refractivity contribution in [3.63, 3.8) is 0 Å². The van der Waals surface area contributed by atoms with Crippen molar-refractivity contribution < 1.29 is 14.0 Å². The van der Waals surface area contributed by atoms with Gasteiger partial charge in [0, 0.05) is 72.2 Å². The normalized spacial score (nSPS) is 13.8. The minimum absolute atomic E-state index is 0.0972. The van der Waals surface area contributed by atoms with Crippen LogP contribution in [-0.2, 0) is 10.8 Å². The van der Waals surface area contributed by atoms with Crippen molar-refractivity contribution in [3.8, 4) is 72.4 Å². The van der Waals surface area contributed by atoms with Crippen LogP contribution in [0, 0.1) is 0 Å². The number of para-hydroxylation sites is 3. The molecule has 0 saturated carbocycles. The molecule has 97 heavy (non-hydrogen) atoms. The molecule has 0 bridgehead atoms. The summed E-state index contributed by atoms with van der Waals surface area (Å²) >= 11 is 0. The van der Waals surface area contributed by atoms with E-state index in [-0.39, 0.29) is 63.0 Å². The molecule has 0 amide bonds. The van der Waals surface area contributed by atoms with Crippen molar-refractivity contribution in [2.24, 2.45) is 0 Å². The molecule has 0 fully saturated rings. The minimum Gasteiger partial charge on any atom is -0.456 e. The van der Waals surface area contributed by atoms with E-state index in [4.69, 9.17) is 4.42 Å². The van der Waals surface area contributed by atoms with E-state index in [0.717, 1.165) is 134 Å². The first-order valence-corrected chi connectivity index (χ1v) is 33.4. The summed E-state index contributed by atoms with van der Waals surface area (Å²) in [5.74, 6) is 0. The highest BCUT2D eigenvalue weighted by atomic mass is 16.3. The molecule has 18 rings (SSSR count). The van der Waals surface area contributed by atoms with Crippen LogP contribution in [-0.4, -0.2) is 11.3 Å². The molecule has 462 valence electrons. The van der Waals surface area contributed by atoms with Crippen molar-refractivity contribution in [1.82, 2.24) is 4.57 Å². The second kappa shape index (κ2) is 22.5. The Labute approximate surface area is 577 Å². The van der Waals surface area contributed by atoms with Gasteiger partial charge < -0.3 is 18.8 Å². The highest BCUT2D eigenvalue weighted by molar-refractivity contribution is 7.00. The number of hydrogen-bond acceptors (Lipinski definition) is 3. The van der Waals surface area contributed by atoms with Gasteiger partial charge in [-0.2, -0.15) is 0 Å². The van der Waals surface area contributed by atoms with Crippen LogP contribution in [0.5, 0.6) is 0 Å². The molecule has 0 spiro atoms. The van der Waals surface area contributed by atoms with Crippen molar-refractivity contribution in [3.05, 3.63) is 326 Å². The lowest BCUT2D eigenvalue weighted by Gasteiger charge is -2.46. The maximum Gasteiger partial charge on any atom is 0.252 e. The number of hydrogen-bond donors (Lipinski definition) is 0. The van der Waals surface area contributed by atoms with E-state index in [0.29, 0.717) is 11.3 Å². The van der Waals surface area contributed by atoms with E-state index >= 15 is 0 Å². The molecule has 4 nitrogen and oxygen atoms in total. The maximum atomic E-state index is 10.2. The van der Waals surface area contributed by atoms with E-state index in [1.54, 1.807) is 4.57 Å². The molecule has 2 aliphatic rings. The molecule has 5 heteroatoms. The highest BCUT2D eigenvalue weighted by Crippen LogP contribution is 2.56. The van der Waals surface area contributed by atoms with Gasteiger partial charge in [0.1, 0.15) is 11.2 Å². The Balaban J connectivity index is 1.03. The van der Waals surface area contributed by atoms with E-state index in [1.807, 2.05) is 54.6 Å². The lowest BCUT2D eigenvalue weighted by Crippen LogP contribution is -2.61. The molecule has 14 aromatic carbocycles. The molecule has 2 aromatic heterocycles. The fourth-order valence-corrected chi connectivity index (χ4v) is 15.2. The zero-order chi connectivity index (χ0) is 71.4. The highest BCUT2D eigenvalue weighted by Gasteiger charge is 2.46. The van der Waals surface area contributed by atoms with Gasteiger partial charge in [0.05, 0.1) is 32.0 Å². The Bertz CT molecular complexity index is 6170. The van der Waals surface area contributed by atoms with Gasteiger partial charge in [0.25, 0.3) is 6.71 Å². The first kappa shape index (κ1) is 50.8. The van der Waals surface area contributed by atoms with Crippen LogP contribution >= 0.6 is 0 Å². The summed E-state index contributed by atoms with van der Waals surface area (Å²) in [5, 5.41) is 2.34. The van der Waals surface area contributed by atoms with Gasteiger partial charge in [0.2, 0.25) is 0 Å². The van der Waals surface area contributed by atoms with Gasteiger partial charge in [-0.15, -0.1) is 0 Å². The molecule has 2 aliphatic heterocycles. The third-order valence-electron chi connectivity index (χ3n) is 19.9. The van der Waals surface area contributed by atoms with E-state index in [9.17, 15) is 9.60 Å². The van der Waals surface area contributed by atoms with E-state index in [2.05, 4.69) is 270 Å². The summed E-state index contributed by atoms with van der Waals surface area (Å²) in [4.78, 5) is 5.04. The lowest BCUT2D eigenvalue weighted by molar-refractivity contribution is 0.590. The second-order valence-corrected chi connectivity index (χ2v) is 27.8. The van der Waals surface area contributed by atoms with Gasteiger partial charge >= 0.3 is 0 Å². The number of anilines is 6. The van der Waals surface area contributed by atoms with Crippen LogP contribution in [0.1, 0.15) is 62.3 Å². The molecular formula is C92H70BN3O. The monoisotopic (exact) mass is 1250 g/mol. The van der Waals surface area contributed by atoms with Crippen molar-refractivity contribution in [1.29, 1.82) is 0 Å². The summed E-state index contributed by atoms with van der Waals surface area (Å²) in [5.41, 5.74) is 23.5. The summed E-state index contributed by atoms with van der Waals surface area (Å²) < 4.78 is 77.0. The SMILES string of the molecule is [2H]c1c([2H])c([2H])c2c(c1[2H])c1c([2H])c(-c3ccccc3)c([2H])c([2H])c1n2-c1ccc2c(c1)N(c1c(-c3ccccc3)cccc1-c1ccccc1)c1cc(C(C)(C)C)cc3c1B2c1cc(-c2ccccc2)ccc1N3c1c(-c2ccccc2)cc(C(C)(C)C)cc1-c1cccc2oc3ccccc3c12. The van der Waals surface area contributed by atoms with Gasteiger partial charge in [0.15, 0.2) is 0 Å².